The molecule has 0 spiro atoms. The molecule has 1 aliphatic heterocycles. The fraction of sp³-hybridized carbons (Fsp3) is 0.345. The zero-order valence-corrected chi connectivity index (χ0v) is 23.5. The van der Waals surface area contributed by atoms with Crippen LogP contribution in [0.5, 0.6) is 17.2 Å². The standard InChI is InChI=1S/C29H32N2O7S/c1-6-13-37-23-10-8-7-9-21(23)26-25(28(33)38-15-14-34-3)18(2)30-29-31(26)27(32)24(39-29)17-19-16-20(35-4)11-12-22(19)36-5/h7-12,16-17,26H,6,13-15H2,1-5H3/b24-17+/t26-/m1/s1. The summed E-state index contributed by atoms with van der Waals surface area (Å²) in [6.07, 6.45) is 2.55. The minimum atomic E-state index is -0.793. The number of thiazole rings is 1. The van der Waals surface area contributed by atoms with Crippen LogP contribution in [0.3, 0.4) is 0 Å². The molecule has 0 unspecified atom stereocenters. The number of nitrogens with zero attached hydrogens (tertiary/aromatic N) is 2. The molecule has 39 heavy (non-hydrogen) atoms. The number of aromatic nitrogens is 1. The summed E-state index contributed by atoms with van der Waals surface area (Å²) in [5.74, 6) is 1.25. The molecule has 2 aromatic carbocycles. The summed E-state index contributed by atoms with van der Waals surface area (Å²) in [5.41, 5.74) is 1.80. The number of ether oxygens (including phenoxy) is 5. The van der Waals surface area contributed by atoms with E-state index in [1.165, 1.54) is 23.0 Å². The lowest BCUT2D eigenvalue weighted by atomic mass is 9.95. The molecule has 0 saturated carbocycles. The Hall–Kier alpha value is -3.89. The topological polar surface area (TPSA) is 97.6 Å². The molecule has 4 rings (SSSR count). The molecular weight excluding hydrogens is 520 g/mol. The number of rotatable bonds is 11. The molecule has 1 aromatic heterocycles. The van der Waals surface area contributed by atoms with Gasteiger partial charge in [0.2, 0.25) is 0 Å². The summed E-state index contributed by atoms with van der Waals surface area (Å²) < 4.78 is 29.4. The van der Waals surface area contributed by atoms with E-state index in [-0.39, 0.29) is 24.3 Å². The highest BCUT2D eigenvalue weighted by atomic mass is 32.1. The van der Waals surface area contributed by atoms with Gasteiger partial charge < -0.3 is 23.7 Å². The Morgan fingerprint density at radius 1 is 1.05 bits per heavy atom. The highest BCUT2D eigenvalue weighted by Crippen LogP contribution is 2.36. The van der Waals surface area contributed by atoms with E-state index in [2.05, 4.69) is 4.99 Å². The number of esters is 1. The van der Waals surface area contributed by atoms with Gasteiger partial charge in [-0.1, -0.05) is 36.5 Å². The monoisotopic (exact) mass is 552 g/mol. The Bertz CT molecular complexity index is 1550. The van der Waals surface area contributed by atoms with Crippen molar-refractivity contribution in [3.63, 3.8) is 0 Å². The first-order valence-electron chi connectivity index (χ1n) is 12.6. The molecular formula is C29H32N2O7S. The maximum Gasteiger partial charge on any atom is 0.338 e. The maximum atomic E-state index is 14.0. The van der Waals surface area contributed by atoms with Crippen LogP contribution in [0.25, 0.3) is 6.08 Å². The molecule has 0 aliphatic carbocycles. The first-order chi connectivity index (χ1) is 18.9. The molecule has 0 saturated heterocycles. The second-order valence-electron chi connectivity index (χ2n) is 8.70. The lowest BCUT2D eigenvalue weighted by Gasteiger charge is -2.26. The Morgan fingerprint density at radius 2 is 1.85 bits per heavy atom. The number of para-hydroxylation sites is 1. The van der Waals surface area contributed by atoms with Gasteiger partial charge in [-0.2, -0.15) is 0 Å². The third-order valence-corrected chi connectivity index (χ3v) is 7.14. The van der Waals surface area contributed by atoms with Crippen LogP contribution in [0.4, 0.5) is 0 Å². The van der Waals surface area contributed by atoms with Gasteiger partial charge in [0.05, 0.1) is 43.2 Å². The van der Waals surface area contributed by atoms with Gasteiger partial charge in [0.25, 0.3) is 5.56 Å². The van der Waals surface area contributed by atoms with E-state index in [9.17, 15) is 9.59 Å². The summed E-state index contributed by atoms with van der Waals surface area (Å²) in [6, 6.07) is 12.0. The predicted octanol–water partition coefficient (Wildman–Crippen LogP) is 3.23. The van der Waals surface area contributed by atoms with Crippen molar-refractivity contribution in [3.05, 3.63) is 84.5 Å². The molecule has 0 radical (unpaired) electrons. The van der Waals surface area contributed by atoms with Crippen LogP contribution < -0.4 is 29.1 Å². The van der Waals surface area contributed by atoms with Crippen LogP contribution in [0.1, 0.15) is 37.4 Å². The summed E-state index contributed by atoms with van der Waals surface area (Å²) >= 11 is 1.24. The molecule has 1 aliphatic rings. The van der Waals surface area contributed by atoms with E-state index in [1.54, 1.807) is 45.4 Å². The number of methoxy groups -OCH3 is 3. The van der Waals surface area contributed by atoms with Gasteiger partial charge in [0.15, 0.2) is 4.80 Å². The van der Waals surface area contributed by atoms with Crippen molar-refractivity contribution in [1.29, 1.82) is 0 Å². The van der Waals surface area contributed by atoms with E-state index in [1.807, 2.05) is 31.2 Å². The second kappa shape index (κ2) is 12.8. The SMILES string of the molecule is CCCOc1ccccc1[C@@H]1C(C(=O)OCCOC)=C(C)N=c2s/c(=C/c3cc(OC)ccc3OC)c(=O)n21. The number of fused-ring (bicyclic) bond motifs is 1. The van der Waals surface area contributed by atoms with Crippen molar-refractivity contribution in [2.24, 2.45) is 4.99 Å². The Kier molecular flexibility index (Phi) is 9.21. The Morgan fingerprint density at radius 3 is 2.56 bits per heavy atom. The van der Waals surface area contributed by atoms with Gasteiger partial charge in [-0.05, 0) is 43.7 Å². The van der Waals surface area contributed by atoms with E-state index in [4.69, 9.17) is 23.7 Å². The van der Waals surface area contributed by atoms with E-state index in [0.717, 1.165) is 6.42 Å². The highest BCUT2D eigenvalue weighted by Gasteiger charge is 2.35. The van der Waals surface area contributed by atoms with Gasteiger partial charge in [-0.25, -0.2) is 9.79 Å². The Balaban J connectivity index is 1.94. The summed E-state index contributed by atoms with van der Waals surface area (Å²) in [6.45, 7) is 4.58. The number of hydrogen-bond donors (Lipinski definition) is 0. The van der Waals surface area contributed by atoms with E-state index >= 15 is 0 Å². The first kappa shape index (κ1) is 28.1. The number of allylic oxidation sites excluding steroid dienone is 1. The van der Waals surface area contributed by atoms with Crippen LogP contribution in [0, 0.1) is 0 Å². The van der Waals surface area contributed by atoms with Crippen LogP contribution in [0.15, 0.2) is 63.5 Å². The first-order valence-corrected chi connectivity index (χ1v) is 13.4. The van der Waals surface area contributed by atoms with Gasteiger partial charge in [0, 0.05) is 18.2 Å². The summed E-state index contributed by atoms with van der Waals surface area (Å²) in [4.78, 5) is 32.5. The average molecular weight is 553 g/mol. The molecule has 2 heterocycles. The number of carbonyl (C=O) groups excluding carboxylic acids is 1. The third-order valence-electron chi connectivity index (χ3n) is 6.16. The summed E-state index contributed by atoms with van der Waals surface area (Å²) in [7, 11) is 4.68. The predicted molar refractivity (Wildman–Crippen MR) is 148 cm³/mol. The number of carbonyl (C=O) groups is 1. The lowest BCUT2D eigenvalue weighted by molar-refractivity contribution is -0.140. The lowest BCUT2D eigenvalue weighted by Crippen LogP contribution is -2.40. The van der Waals surface area contributed by atoms with Gasteiger partial charge in [-0.15, -0.1) is 0 Å². The van der Waals surface area contributed by atoms with Crippen LogP contribution in [-0.4, -0.2) is 51.7 Å². The zero-order chi connectivity index (χ0) is 27.9. The van der Waals surface area contributed by atoms with Crippen LogP contribution in [0.2, 0.25) is 0 Å². The fourth-order valence-electron chi connectivity index (χ4n) is 4.32. The minimum Gasteiger partial charge on any atom is -0.497 e. The smallest absolute Gasteiger partial charge is 0.338 e. The normalized spacial score (nSPS) is 15.0. The third kappa shape index (κ3) is 5.91. The number of hydrogen-bond acceptors (Lipinski definition) is 9. The van der Waals surface area contributed by atoms with Crippen molar-refractivity contribution in [2.75, 3.05) is 41.2 Å². The molecule has 206 valence electrons. The largest absolute Gasteiger partial charge is 0.497 e. The molecule has 10 heteroatoms. The van der Waals surface area contributed by atoms with Gasteiger partial charge >= 0.3 is 5.97 Å². The fourth-order valence-corrected chi connectivity index (χ4v) is 5.35. The minimum absolute atomic E-state index is 0.0763. The molecule has 9 nitrogen and oxygen atoms in total. The van der Waals surface area contributed by atoms with E-state index < -0.39 is 12.0 Å². The molecule has 0 bridgehead atoms. The van der Waals surface area contributed by atoms with Crippen LogP contribution >= 0.6 is 11.3 Å². The molecule has 3 aromatic rings. The maximum absolute atomic E-state index is 14.0. The summed E-state index contributed by atoms with van der Waals surface area (Å²) in [5, 5.41) is 0. The molecule has 0 amide bonds. The van der Waals surface area contributed by atoms with Crippen molar-refractivity contribution in [1.82, 2.24) is 4.57 Å². The van der Waals surface area contributed by atoms with Gasteiger partial charge in [-0.3, -0.25) is 9.36 Å². The molecule has 1 atom stereocenters. The highest BCUT2D eigenvalue weighted by molar-refractivity contribution is 7.07. The van der Waals surface area contributed by atoms with Crippen molar-refractivity contribution >= 4 is 23.4 Å². The van der Waals surface area contributed by atoms with Crippen molar-refractivity contribution in [2.45, 2.75) is 26.3 Å². The van der Waals surface area contributed by atoms with Crippen LogP contribution in [-0.2, 0) is 14.3 Å². The van der Waals surface area contributed by atoms with Gasteiger partial charge in [0.1, 0.15) is 29.9 Å². The van der Waals surface area contributed by atoms with Crippen molar-refractivity contribution < 1.29 is 28.5 Å². The average Bonchev–Trinajstić information content (AvgIpc) is 3.25. The quantitative estimate of drug-likeness (QED) is 0.266. The molecule has 0 fully saturated rings. The number of benzene rings is 2. The zero-order valence-electron chi connectivity index (χ0n) is 22.7. The van der Waals surface area contributed by atoms with Crippen molar-refractivity contribution in [3.8, 4) is 17.2 Å². The van der Waals surface area contributed by atoms with E-state index in [0.29, 0.717) is 50.0 Å². The Labute approximate surface area is 230 Å². The molecule has 0 N–H and O–H groups in total. The second-order valence-corrected chi connectivity index (χ2v) is 9.71.